The molecule has 0 saturated carbocycles. The Labute approximate surface area is 101 Å². The summed E-state index contributed by atoms with van der Waals surface area (Å²) in [6.45, 7) is 0.584. The molecule has 1 aromatic heterocycles. The third-order valence-corrected chi connectivity index (χ3v) is 2.53. The summed E-state index contributed by atoms with van der Waals surface area (Å²) in [6, 6.07) is 0.203. The van der Waals surface area contributed by atoms with E-state index in [2.05, 4.69) is 20.6 Å². The van der Waals surface area contributed by atoms with Gasteiger partial charge in [0.15, 0.2) is 0 Å². The topological polar surface area (TPSA) is 66.9 Å². The number of nitrogens with one attached hydrogen (secondary N) is 2. The molecule has 0 spiro atoms. The number of hydrogen-bond donors (Lipinski definition) is 2. The second-order valence-corrected chi connectivity index (χ2v) is 3.89. The lowest BCUT2D eigenvalue weighted by Crippen LogP contribution is -2.44. The van der Waals surface area contributed by atoms with Crippen LogP contribution in [0.4, 0.5) is 19.1 Å². The number of nitrogens with zero attached hydrogens (tertiary/aromatic N) is 2. The summed E-state index contributed by atoms with van der Waals surface area (Å²) < 4.78 is 37.3. The van der Waals surface area contributed by atoms with Gasteiger partial charge in [-0.3, -0.25) is 4.79 Å². The van der Waals surface area contributed by atoms with Crippen molar-refractivity contribution < 1.29 is 18.0 Å². The zero-order valence-electron chi connectivity index (χ0n) is 9.29. The van der Waals surface area contributed by atoms with Crippen molar-refractivity contribution in [1.29, 1.82) is 0 Å². The fraction of sp³-hybridized carbons (Fsp3) is 0.500. The van der Waals surface area contributed by atoms with Crippen LogP contribution in [0.5, 0.6) is 0 Å². The fourth-order valence-electron chi connectivity index (χ4n) is 1.65. The van der Waals surface area contributed by atoms with Crippen LogP contribution in [0.15, 0.2) is 12.3 Å². The SMILES string of the molecule is O=C1NCCC[C@@H]1Nc1nccc(C(F)(F)F)n1. The van der Waals surface area contributed by atoms with Crippen LogP contribution in [0.2, 0.25) is 0 Å². The van der Waals surface area contributed by atoms with Gasteiger partial charge >= 0.3 is 6.18 Å². The highest BCUT2D eigenvalue weighted by molar-refractivity contribution is 5.84. The lowest BCUT2D eigenvalue weighted by molar-refractivity contribution is -0.141. The van der Waals surface area contributed by atoms with Gasteiger partial charge in [-0.15, -0.1) is 0 Å². The number of halogens is 3. The van der Waals surface area contributed by atoms with Crippen molar-refractivity contribution in [2.75, 3.05) is 11.9 Å². The molecule has 1 saturated heterocycles. The highest BCUT2D eigenvalue weighted by atomic mass is 19.4. The molecule has 2 N–H and O–H groups in total. The van der Waals surface area contributed by atoms with Gasteiger partial charge in [0.1, 0.15) is 11.7 Å². The summed E-state index contributed by atoms with van der Waals surface area (Å²) in [7, 11) is 0. The van der Waals surface area contributed by atoms with Crippen LogP contribution >= 0.6 is 0 Å². The minimum absolute atomic E-state index is 0.188. The average molecular weight is 260 g/mol. The number of rotatable bonds is 2. The van der Waals surface area contributed by atoms with Gasteiger partial charge in [0, 0.05) is 12.7 Å². The fourth-order valence-corrected chi connectivity index (χ4v) is 1.65. The number of amides is 1. The average Bonchev–Trinajstić information content (AvgIpc) is 2.31. The smallest absolute Gasteiger partial charge is 0.354 e. The van der Waals surface area contributed by atoms with Crippen LogP contribution in [-0.2, 0) is 11.0 Å². The first-order valence-corrected chi connectivity index (χ1v) is 5.41. The summed E-state index contributed by atoms with van der Waals surface area (Å²) in [5, 5.41) is 5.23. The number of aromatic nitrogens is 2. The van der Waals surface area contributed by atoms with Crippen molar-refractivity contribution in [2.45, 2.75) is 25.1 Å². The van der Waals surface area contributed by atoms with Gasteiger partial charge in [0.05, 0.1) is 0 Å². The van der Waals surface area contributed by atoms with E-state index < -0.39 is 17.9 Å². The number of hydrogen-bond acceptors (Lipinski definition) is 4. The molecule has 1 amide bonds. The summed E-state index contributed by atoms with van der Waals surface area (Å²) in [4.78, 5) is 18.5. The molecule has 1 atom stereocenters. The van der Waals surface area contributed by atoms with Crippen molar-refractivity contribution in [3.63, 3.8) is 0 Å². The largest absolute Gasteiger partial charge is 0.433 e. The van der Waals surface area contributed by atoms with Crippen LogP contribution in [-0.4, -0.2) is 28.5 Å². The minimum Gasteiger partial charge on any atom is -0.354 e. The normalized spacial score (nSPS) is 20.4. The van der Waals surface area contributed by atoms with Crippen LogP contribution < -0.4 is 10.6 Å². The van der Waals surface area contributed by atoms with E-state index in [9.17, 15) is 18.0 Å². The van der Waals surface area contributed by atoms with E-state index in [-0.39, 0.29) is 11.9 Å². The second-order valence-electron chi connectivity index (χ2n) is 3.89. The molecule has 1 fully saturated rings. The Hall–Kier alpha value is -1.86. The van der Waals surface area contributed by atoms with Gasteiger partial charge in [-0.25, -0.2) is 9.97 Å². The highest BCUT2D eigenvalue weighted by Gasteiger charge is 2.33. The molecule has 0 aromatic carbocycles. The molecule has 2 rings (SSSR count). The third kappa shape index (κ3) is 2.88. The predicted octanol–water partition coefficient (Wildman–Crippen LogP) is 1.19. The molecule has 1 aromatic rings. The molecule has 8 heteroatoms. The van der Waals surface area contributed by atoms with Gasteiger partial charge in [-0.1, -0.05) is 0 Å². The molecule has 5 nitrogen and oxygen atoms in total. The van der Waals surface area contributed by atoms with Gasteiger partial charge in [-0.05, 0) is 18.9 Å². The number of alkyl halides is 3. The third-order valence-electron chi connectivity index (χ3n) is 2.53. The molecule has 2 heterocycles. The summed E-state index contributed by atoms with van der Waals surface area (Å²) in [5.74, 6) is -0.436. The Morgan fingerprint density at radius 3 is 2.89 bits per heavy atom. The molecular formula is C10H11F3N4O. The lowest BCUT2D eigenvalue weighted by Gasteiger charge is -2.22. The zero-order chi connectivity index (χ0) is 13.2. The predicted molar refractivity (Wildman–Crippen MR) is 56.7 cm³/mol. The molecule has 1 aliphatic rings. The molecule has 0 unspecified atom stereocenters. The Bertz CT molecular complexity index is 449. The Morgan fingerprint density at radius 1 is 1.44 bits per heavy atom. The number of piperidine rings is 1. The molecule has 98 valence electrons. The summed E-state index contributed by atoms with van der Waals surface area (Å²) >= 11 is 0. The molecule has 0 radical (unpaired) electrons. The van der Waals surface area contributed by atoms with Gasteiger partial charge < -0.3 is 10.6 Å². The Kier molecular flexibility index (Phi) is 3.35. The monoisotopic (exact) mass is 260 g/mol. The van der Waals surface area contributed by atoms with E-state index >= 15 is 0 Å². The van der Waals surface area contributed by atoms with Crippen LogP contribution in [0.1, 0.15) is 18.5 Å². The van der Waals surface area contributed by atoms with E-state index in [0.29, 0.717) is 13.0 Å². The maximum atomic E-state index is 12.4. The van der Waals surface area contributed by atoms with Crippen molar-refractivity contribution in [3.8, 4) is 0 Å². The second kappa shape index (κ2) is 4.79. The number of carbonyl (C=O) groups excluding carboxylic acids is 1. The van der Waals surface area contributed by atoms with Gasteiger partial charge in [0.2, 0.25) is 11.9 Å². The first-order valence-electron chi connectivity index (χ1n) is 5.41. The van der Waals surface area contributed by atoms with Crippen molar-refractivity contribution in [2.24, 2.45) is 0 Å². The van der Waals surface area contributed by atoms with Crippen molar-refractivity contribution in [3.05, 3.63) is 18.0 Å². The maximum absolute atomic E-state index is 12.4. The van der Waals surface area contributed by atoms with E-state index in [1.54, 1.807) is 0 Å². The van der Waals surface area contributed by atoms with Crippen LogP contribution in [0.25, 0.3) is 0 Å². The standard InChI is InChI=1S/C10H11F3N4O/c11-10(12,13)7-3-5-15-9(17-7)16-6-2-1-4-14-8(6)18/h3,5-6H,1-2,4H2,(H,14,18)(H,15,16,17)/t6-/m0/s1. The Balaban J connectivity index is 2.12. The van der Waals surface area contributed by atoms with Crippen molar-refractivity contribution >= 4 is 11.9 Å². The van der Waals surface area contributed by atoms with Crippen molar-refractivity contribution in [1.82, 2.24) is 15.3 Å². The van der Waals surface area contributed by atoms with E-state index in [1.165, 1.54) is 0 Å². The molecule has 0 bridgehead atoms. The van der Waals surface area contributed by atoms with Crippen LogP contribution in [0, 0.1) is 0 Å². The summed E-state index contributed by atoms with van der Waals surface area (Å²) in [5.41, 5.74) is -1.03. The molecular weight excluding hydrogens is 249 g/mol. The first-order chi connectivity index (χ1) is 8.47. The maximum Gasteiger partial charge on any atom is 0.433 e. The zero-order valence-corrected chi connectivity index (χ0v) is 9.29. The molecule has 18 heavy (non-hydrogen) atoms. The quantitative estimate of drug-likeness (QED) is 0.838. The van der Waals surface area contributed by atoms with Gasteiger partial charge in [0.25, 0.3) is 0 Å². The van der Waals surface area contributed by atoms with Gasteiger partial charge in [-0.2, -0.15) is 13.2 Å². The lowest BCUT2D eigenvalue weighted by atomic mass is 10.1. The van der Waals surface area contributed by atoms with E-state index in [0.717, 1.165) is 18.7 Å². The molecule has 1 aliphatic heterocycles. The first kappa shape index (κ1) is 12.6. The minimum atomic E-state index is -4.52. The Morgan fingerprint density at radius 2 is 2.22 bits per heavy atom. The number of carbonyl (C=O) groups is 1. The number of anilines is 1. The van der Waals surface area contributed by atoms with Crippen LogP contribution in [0.3, 0.4) is 0 Å². The van der Waals surface area contributed by atoms with E-state index in [1.807, 2.05) is 0 Å². The molecule has 0 aliphatic carbocycles. The summed E-state index contributed by atoms with van der Waals surface area (Å²) in [6.07, 6.45) is -2.19. The highest BCUT2D eigenvalue weighted by Crippen LogP contribution is 2.27. The van der Waals surface area contributed by atoms with E-state index in [4.69, 9.17) is 0 Å².